The topological polar surface area (TPSA) is 50.9 Å². The van der Waals surface area contributed by atoms with Crippen LogP contribution < -0.4 is 11.3 Å². The van der Waals surface area contributed by atoms with Crippen LogP contribution in [-0.2, 0) is 0 Å². The van der Waals surface area contributed by atoms with Crippen molar-refractivity contribution >= 4 is 10.8 Å². The molecule has 0 aliphatic rings. The molecular weight excluding hydrogens is 265 g/mol. The number of hydrazine groups is 1. The Labute approximate surface area is 122 Å². The Hall–Kier alpha value is -2.30. The molecule has 3 rings (SSSR count). The van der Waals surface area contributed by atoms with Gasteiger partial charge in [-0.3, -0.25) is 10.8 Å². The predicted molar refractivity (Wildman–Crippen MR) is 82.0 cm³/mol. The first-order chi connectivity index (χ1) is 10.2. The van der Waals surface area contributed by atoms with Gasteiger partial charge >= 0.3 is 0 Å². The number of hydrogen-bond acceptors (Lipinski definition) is 3. The van der Waals surface area contributed by atoms with Gasteiger partial charge in [-0.15, -0.1) is 0 Å². The number of pyridine rings is 1. The van der Waals surface area contributed by atoms with E-state index in [1.165, 1.54) is 6.07 Å². The van der Waals surface area contributed by atoms with Gasteiger partial charge in [0.1, 0.15) is 5.82 Å². The lowest BCUT2D eigenvalue weighted by Gasteiger charge is -2.19. The fourth-order valence-electron chi connectivity index (χ4n) is 2.55. The number of aromatic nitrogens is 1. The van der Waals surface area contributed by atoms with Gasteiger partial charge in [0.15, 0.2) is 0 Å². The summed E-state index contributed by atoms with van der Waals surface area (Å²) in [6.45, 7) is 1.93. The fourth-order valence-corrected chi connectivity index (χ4v) is 2.55. The highest BCUT2D eigenvalue weighted by atomic mass is 19.1. The van der Waals surface area contributed by atoms with E-state index in [1.54, 1.807) is 18.3 Å². The molecule has 3 N–H and O–H groups in total. The van der Waals surface area contributed by atoms with Crippen LogP contribution in [0.3, 0.4) is 0 Å². The summed E-state index contributed by atoms with van der Waals surface area (Å²) in [5.41, 5.74) is 5.62. The van der Waals surface area contributed by atoms with E-state index in [0.29, 0.717) is 5.39 Å². The molecule has 3 aromatic rings. The van der Waals surface area contributed by atoms with Gasteiger partial charge in [-0.25, -0.2) is 9.82 Å². The van der Waals surface area contributed by atoms with Crippen LogP contribution in [0.2, 0.25) is 0 Å². The number of nitrogens with two attached hydrogens (primary N) is 1. The van der Waals surface area contributed by atoms with Crippen molar-refractivity contribution in [1.29, 1.82) is 0 Å². The van der Waals surface area contributed by atoms with Crippen LogP contribution >= 0.6 is 0 Å². The zero-order valence-electron chi connectivity index (χ0n) is 11.7. The number of rotatable bonds is 3. The maximum atomic E-state index is 13.9. The smallest absolute Gasteiger partial charge is 0.131 e. The third kappa shape index (κ3) is 2.51. The minimum absolute atomic E-state index is 0.229. The molecule has 1 heterocycles. The standard InChI is InChI=1S/C17H16FN3/c1-11-6-7-12(10-20-11)17(21-19)15-8-9-16(18)14-5-3-2-4-13(14)15/h2-10,17,21H,19H2,1H3. The van der Waals surface area contributed by atoms with Crippen molar-refractivity contribution < 1.29 is 4.39 Å². The van der Waals surface area contributed by atoms with Gasteiger partial charge < -0.3 is 0 Å². The van der Waals surface area contributed by atoms with Crippen molar-refractivity contribution in [1.82, 2.24) is 10.4 Å². The second-order valence-corrected chi connectivity index (χ2v) is 5.01. The summed E-state index contributed by atoms with van der Waals surface area (Å²) in [7, 11) is 0. The molecule has 0 radical (unpaired) electrons. The summed E-state index contributed by atoms with van der Waals surface area (Å²) < 4.78 is 13.9. The van der Waals surface area contributed by atoms with Gasteiger partial charge in [0.25, 0.3) is 0 Å². The van der Waals surface area contributed by atoms with Gasteiger partial charge in [-0.05, 0) is 35.6 Å². The summed E-state index contributed by atoms with van der Waals surface area (Å²) >= 11 is 0. The summed E-state index contributed by atoms with van der Waals surface area (Å²) in [5, 5.41) is 1.44. The number of hydrogen-bond donors (Lipinski definition) is 2. The molecule has 3 nitrogen and oxygen atoms in total. The SMILES string of the molecule is Cc1ccc(C(NN)c2ccc(F)c3ccccc23)cn1. The molecule has 1 atom stereocenters. The highest BCUT2D eigenvalue weighted by molar-refractivity contribution is 5.87. The molecule has 0 spiro atoms. The Morgan fingerprint density at radius 3 is 2.48 bits per heavy atom. The summed E-state index contributed by atoms with van der Waals surface area (Å²) in [6, 6.07) is 14.3. The lowest BCUT2D eigenvalue weighted by atomic mass is 9.94. The van der Waals surface area contributed by atoms with E-state index in [1.807, 2.05) is 37.3 Å². The Morgan fingerprint density at radius 2 is 1.81 bits per heavy atom. The number of halogens is 1. The minimum Gasteiger partial charge on any atom is -0.271 e. The number of aryl methyl sites for hydroxylation is 1. The van der Waals surface area contributed by atoms with Gasteiger partial charge in [-0.2, -0.15) is 0 Å². The normalized spacial score (nSPS) is 12.5. The molecule has 0 saturated heterocycles. The Kier molecular flexibility index (Phi) is 3.64. The molecule has 21 heavy (non-hydrogen) atoms. The molecule has 0 aliphatic carbocycles. The van der Waals surface area contributed by atoms with Crippen molar-refractivity contribution in [2.24, 2.45) is 5.84 Å². The Balaban J connectivity index is 2.17. The predicted octanol–water partition coefficient (Wildman–Crippen LogP) is 3.24. The lowest BCUT2D eigenvalue weighted by Crippen LogP contribution is -2.29. The quantitative estimate of drug-likeness (QED) is 0.572. The van der Waals surface area contributed by atoms with Gasteiger partial charge in [-0.1, -0.05) is 36.4 Å². The Bertz CT molecular complexity index is 769. The maximum absolute atomic E-state index is 13.9. The first-order valence-corrected chi connectivity index (χ1v) is 6.76. The van der Waals surface area contributed by atoms with Gasteiger partial charge in [0.05, 0.1) is 6.04 Å². The average Bonchev–Trinajstić information content (AvgIpc) is 2.52. The molecule has 0 bridgehead atoms. The van der Waals surface area contributed by atoms with Crippen molar-refractivity contribution in [3.63, 3.8) is 0 Å². The number of nitrogens with one attached hydrogen (secondary N) is 1. The fraction of sp³-hybridized carbons (Fsp3) is 0.118. The molecule has 1 unspecified atom stereocenters. The van der Waals surface area contributed by atoms with Crippen LogP contribution in [-0.4, -0.2) is 4.98 Å². The largest absolute Gasteiger partial charge is 0.271 e. The monoisotopic (exact) mass is 281 g/mol. The van der Waals surface area contributed by atoms with Crippen molar-refractivity contribution in [2.45, 2.75) is 13.0 Å². The van der Waals surface area contributed by atoms with Crippen molar-refractivity contribution in [3.05, 3.63) is 77.4 Å². The van der Waals surface area contributed by atoms with E-state index in [4.69, 9.17) is 5.84 Å². The molecule has 0 aliphatic heterocycles. The third-order valence-corrected chi connectivity index (χ3v) is 3.65. The molecule has 2 aromatic carbocycles. The molecule has 0 saturated carbocycles. The molecule has 4 heteroatoms. The first-order valence-electron chi connectivity index (χ1n) is 6.76. The maximum Gasteiger partial charge on any atom is 0.131 e. The zero-order chi connectivity index (χ0) is 14.8. The van der Waals surface area contributed by atoms with E-state index in [0.717, 1.165) is 22.2 Å². The molecule has 0 amide bonds. The summed E-state index contributed by atoms with van der Waals surface area (Å²) in [4.78, 5) is 4.30. The molecule has 1 aromatic heterocycles. The minimum atomic E-state index is -0.233. The van der Waals surface area contributed by atoms with Crippen LogP contribution in [0.1, 0.15) is 22.9 Å². The summed E-state index contributed by atoms with van der Waals surface area (Å²) in [6.07, 6.45) is 1.79. The van der Waals surface area contributed by atoms with Crippen LogP contribution in [0.4, 0.5) is 4.39 Å². The molecule has 0 fully saturated rings. The average molecular weight is 281 g/mol. The molecular formula is C17H16FN3. The van der Waals surface area contributed by atoms with E-state index in [2.05, 4.69) is 10.4 Å². The highest BCUT2D eigenvalue weighted by Crippen LogP contribution is 2.29. The first kappa shape index (κ1) is 13.7. The number of fused-ring (bicyclic) bond motifs is 1. The van der Waals surface area contributed by atoms with Crippen LogP contribution in [0.15, 0.2) is 54.7 Å². The lowest BCUT2D eigenvalue weighted by molar-refractivity contribution is 0.626. The van der Waals surface area contributed by atoms with Crippen molar-refractivity contribution in [2.75, 3.05) is 0 Å². The van der Waals surface area contributed by atoms with Gasteiger partial charge in [0, 0.05) is 17.3 Å². The van der Waals surface area contributed by atoms with Gasteiger partial charge in [0.2, 0.25) is 0 Å². The van der Waals surface area contributed by atoms with Crippen molar-refractivity contribution in [3.8, 4) is 0 Å². The Morgan fingerprint density at radius 1 is 1.05 bits per heavy atom. The second-order valence-electron chi connectivity index (χ2n) is 5.01. The number of nitrogens with zero attached hydrogens (tertiary/aromatic N) is 1. The van der Waals surface area contributed by atoms with E-state index < -0.39 is 0 Å². The van der Waals surface area contributed by atoms with E-state index >= 15 is 0 Å². The van der Waals surface area contributed by atoms with E-state index in [-0.39, 0.29) is 11.9 Å². The molecule has 106 valence electrons. The highest BCUT2D eigenvalue weighted by Gasteiger charge is 2.16. The third-order valence-electron chi connectivity index (χ3n) is 3.65. The zero-order valence-corrected chi connectivity index (χ0v) is 11.7. The summed E-state index contributed by atoms with van der Waals surface area (Å²) in [5.74, 6) is 5.50. The van der Waals surface area contributed by atoms with E-state index in [9.17, 15) is 4.39 Å². The van der Waals surface area contributed by atoms with Crippen LogP contribution in [0.5, 0.6) is 0 Å². The number of benzene rings is 2. The van der Waals surface area contributed by atoms with Crippen LogP contribution in [0.25, 0.3) is 10.8 Å². The second kappa shape index (κ2) is 5.60. The van der Waals surface area contributed by atoms with Crippen LogP contribution in [0, 0.1) is 12.7 Å².